The largest absolute Gasteiger partial charge is 0.497 e. The van der Waals surface area contributed by atoms with Crippen LogP contribution in [0.25, 0.3) is 0 Å². The van der Waals surface area contributed by atoms with Crippen LogP contribution in [0.4, 0.5) is 18.9 Å². The molecule has 0 radical (unpaired) electrons. The normalized spacial score (nSPS) is 11.3. The Bertz CT molecular complexity index is 747. The molecule has 2 rings (SSSR count). The van der Waals surface area contributed by atoms with Gasteiger partial charge >= 0.3 is 6.18 Å². The van der Waals surface area contributed by atoms with Crippen molar-refractivity contribution in [2.24, 2.45) is 5.10 Å². The summed E-state index contributed by atoms with van der Waals surface area (Å²) in [5.41, 5.74) is 2.81. The van der Waals surface area contributed by atoms with E-state index >= 15 is 0 Å². The van der Waals surface area contributed by atoms with Crippen molar-refractivity contribution in [2.75, 3.05) is 12.4 Å². The first-order valence-corrected chi connectivity index (χ1v) is 7.20. The Kier molecular flexibility index (Phi) is 5.75. The lowest BCUT2D eigenvalue weighted by Gasteiger charge is -2.08. The van der Waals surface area contributed by atoms with Crippen LogP contribution in [0, 0.1) is 0 Å². The van der Waals surface area contributed by atoms with Gasteiger partial charge in [-0.05, 0) is 42.0 Å². The van der Waals surface area contributed by atoms with Gasteiger partial charge in [-0.3, -0.25) is 5.43 Å². The Morgan fingerprint density at radius 1 is 1.17 bits per heavy atom. The SMILES string of the molecule is COc1cccc(NC(=S)N/N=C\c2cccc(C(F)(F)F)c2)c1. The second kappa shape index (κ2) is 7.78. The lowest BCUT2D eigenvalue weighted by molar-refractivity contribution is -0.137. The minimum atomic E-state index is -4.39. The number of nitrogens with zero attached hydrogens (tertiary/aromatic N) is 1. The van der Waals surface area contributed by atoms with Gasteiger partial charge in [0.15, 0.2) is 5.11 Å². The van der Waals surface area contributed by atoms with E-state index in [1.54, 1.807) is 31.4 Å². The molecule has 0 fully saturated rings. The number of hydrazone groups is 1. The number of ether oxygens (including phenoxy) is 1. The molecular weight excluding hydrogens is 339 g/mol. The van der Waals surface area contributed by atoms with Crippen molar-refractivity contribution in [3.05, 3.63) is 59.7 Å². The smallest absolute Gasteiger partial charge is 0.416 e. The Morgan fingerprint density at radius 2 is 1.92 bits per heavy atom. The quantitative estimate of drug-likeness (QED) is 0.495. The average molecular weight is 353 g/mol. The number of alkyl halides is 3. The minimum absolute atomic E-state index is 0.200. The van der Waals surface area contributed by atoms with E-state index in [9.17, 15) is 13.2 Å². The zero-order chi connectivity index (χ0) is 17.6. The van der Waals surface area contributed by atoms with Crippen LogP contribution in [0.5, 0.6) is 5.75 Å². The maximum absolute atomic E-state index is 12.6. The molecule has 0 aromatic heterocycles. The number of methoxy groups -OCH3 is 1. The fraction of sp³-hybridized carbons (Fsp3) is 0.125. The molecule has 0 aliphatic carbocycles. The Balaban J connectivity index is 1.95. The van der Waals surface area contributed by atoms with Crippen molar-refractivity contribution in [3.8, 4) is 5.75 Å². The molecule has 0 amide bonds. The first-order chi connectivity index (χ1) is 11.4. The second-order valence-electron chi connectivity index (χ2n) is 4.68. The highest BCUT2D eigenvalue weighted by molar-refractivity contribution is 7.80. The zero-order valence-corrected chi connectivity index (χ0v) is 13.4. The summed E-state index contributed by atoms with van der Waals surface area (Å²) in [6, 6.07) is 11.9. The van der Waals surface area contributed by atoms with Crippen molar-refractivity contribution in [1.29, 1.82) is 0 Å². The third-order valence-electron chi connectivity index (χ3n) is 2.92. The maximum Gasteiger partial charge on any atom is 0.416 e. The molecule has 2 aromatic rings. The Morgan fingerprint density at radius 3 is 2.62 bits per heavy atom. The van der Waals surface area contributed by atoms with Gasteiger partial charge in [0.05, 0.1) is 18.9 Å². The van der Waals surface area contributed by atoms with Gasteiger partial charge in [0, 0.05) is 11.8 Å². The summed E-state index contributed by atoms with van der Waals surface area (Å²) in [5.74, 6) is 0.662. The van der Waals surface area contributed by atoms with E-state index in [4.69, 9.17) is 17.0 Å². The van der Waals surface area contributed by atoms with Crippen molar-refractivity contribution in [3.63, 3.8) is 0 Å². The molecule has 2 N–H and O–H groups in total. The number of nitrogens with one attached hydrogen (secondary N) is 2. The molecule has 0 saturated heterocycles. The van der Waals surface area contributed by atoms with Gasteiger partial charge in [0.25, 0.3) is 0 Å². The number of hydrogen-bond donors (Lipinski definition) is 2. The van der Waals surface area contributed by atoms with Gasteiger partial charge in [-0.1, -0.05) is 18.2 Å². The average Bonchev–Trinajstić information content (AvgIpc) is 2.54. The highest BCUT2D eigenvalue weighted by Gasteiger charge is 2.30. The third-order valence-corrected chi connectivity index (χ3v) is 3.11. The predicted octanol–water partition coefficient (Wildman–Crippen LogP) is 4.03. The molecule has 0 bridgehead atoms. The molecule has 0 spiro atoms. The van der Waals surface area contributed by atoms with E-state index < -0.39 is 11.7 Å². The summed E-state index contributed by atoms with van der Waals surface area (Å²) < 4.78 is 43.0. The number of hydrogen-bond acceptors (Lipinski definition) is 3. The first-order valence-electron chi connectivity index (χ1n) is 6.80. The molecule has 0 heterocycles. The number of thiocarbonyl (C=S) groups is 1. The summed E-state index contributed by atoms with van der Waals surface area (Å²) in [7, 11) is 1.55. The van der Waals surface area contributed by atoms with E-state index in [2.05, 4.69) is 15.8 Å². The van der Waals surface area contributed by atoms with Gasteiger partial charge in [-0.25, -0.2) is 0 Å². The maximum atomic E-state index is 12.6. The fourth-order valence-electron chi connectivity index (χ4n) is 1.82. The molecule has 0 unspecified atom stereocenters. The van der Waals surface area contributed by atoms with Crippen LogP contribution >= 0.6 is 12.2 Å². The fourth-order valence-corrected chi connectivity index (χ4v) is 1.99. The van der Waals surface area contributed by atoms with Gasteiger partial charge < -0.3 is 10.1 Å². The topological polar surface area (TPSA) is 45.6 Å². The zero-order valence-electron chi connectivity index (χ0n) is 12.6. The monoisotopic (exact) mass is 353 g/mol. The summed E-state index contributed by atoms with van der Waals surface area (Å²) >= 11 is 5.06. The Labute approximate surface area is 142 Å². The molecule has 2 aromatic carbocycles. The summed E-state index contributed by atoms with van der Waals surface area (Å²) in [6.45, 7) is 0. The van der Waals surface area contributed by atoms with Crippen LogP contribution in [0.3, 0.4) is 0 Å². The van der Waals surface area contributed by atoms with Crippen LogP contribution in [0.15, 0.2) is 53.6 Å². The standard InChI is InChI=1S/C16H14F3N3OS/c1-23-14-7-3-6-13(9-14)21-15(24)22-20-10-11-4-2-5-12(8-11)16(17,18)19/h2-10H,1H3,(H2,21,22,24)/b20-10-. The van der Waals surface area contributed by atoms with E-state index in [1.807, 2.05) is 0 Å². The van der Waals surface area contributed by atoms with Gasteiger partial charge in [0.2, 0.25) is 0 Å². The van der Waals surface area contributed by atoms with Gasteiger partial charge in [0.1, 0.15) is 5.75 Å². The van der Waals surface area contributed by atoms with Crippen LogP contribution < -0.4 is 15.5 Å². The molecule has 0 atom stereocenters. The van der Waals surface area contributed by atoms with Crippen LogP contribution in [-0.2, 0) is 6.18 Å². The molecule has 0 saturated carbocycles. The summed E-state index contributed by atoms with van der Waals surface area (Å²) in [5, 5.41) is 6.91. The first kappa shape index (κ1) is 17.7. The molecule has 24 heavy (non-hydrogen) atoms. The van der Waals surface area contributed by atoms with Crippen molar-refractivity contribution in [2.45, 2.75) is 6.18 Å². The highest BCUT2D eigenvalue weighted by Crippen LogP contribution is 2.29. The number of anilines is 1. The van der Waals surface area contributed by atoms with Crippen LogP contribution in [0.2, 0.25) is 0 Å². The molecule has 8 heteroatoms. The van der Waals surface area contributed by atoms with Crippen molar-refractivity contribution in [1.82, 2.24) is 5.43 Å². The van der Waals surface area contributed by atoms with Crippen molar-refractivity contribution < 1.29 is 17.9 Å². The van der Waals surface area contributed by atoms with Gasteiger partial charge in [-0.2, -0.15) is 18.3 Å². The Hall–Kier alpha value is -2.61. The minimum Gasteiger partial charge on any atom is -0.497 e. The van der Waals surface area contributed by atoms with E-state index in [1.165, 1.54) is 18.3 Å². The lowest BCUT2D eigenvalue weighted by Crippen LogP contribution is -2.23. The molecular formula is C16H14F3N3OS. The predicted molar refractivity (Wildman–Crippen MR) is 91.4 cm³/mol. The van der Waals surface area contributed by atoms with Crippen LogP contribution in [0.1, 0.15) is 11.1 Å². The molecule has 126 valence electrons. The number of halogens is 3. The highest BCUT2D eigenvalue weighted by atomic mass is 32.1. The third kappa shape index (κ3) is 5.24. The molecule has 0 aliphatic heterocycles. The lowest BCUT2D eigenvalue weighted by atomic mass is 10.1. The van der Waals surface area contributed by atoms with E-state index in [-0.39, 0.29) is 5.11 Å². The number of benzene rings is 2. The molecule has 4 nitrogen and oxygen atoms in total. The van der Waals surface area contributed by atoms with Crippen LogP contribution in [-0.4, -0.2) is 18.4 Å². The molecule has 0 aliphatic rings. The van der Waals surface area contributed by atoms with E-state index in [0.717, 1.165) is 12.1 Å². The summed E-state index contributed by atoms with van der Waals surface area (Å²) in [6.07, 6.45) is -3.13. The second-order valence-corrected chi connectivity index (χ2v) is 5.09. The number of rotatable bonds is 4. The van der Waals surface area contributed by atoms with E-state index in [0.29, 0.717) is 17.0 Å². The summed E-state index contributed by atoms with van der Waals surface area (Å²) in [4.78, 5) is 0. The van der Waals surface area contributed by atoms with Gasteiger partial charge in [-0.15, -0.1) is 0 Å². The van der Waals surface area contributed by atoms with Crippen molar-refractivity contribution >= 4 is 29.2 Å².